The molecule has 7 fully saturated rings. The summed E-state index contributed by atoms with van der Waals surface area (Å²) in [4.78, 5) is 60.3. The topological polar surface area (TPSA) is 174 Å². The molecule has 0 spiro atoms. The second-order valence-corrected chi connectivity index (χ2v) is 19.5. The molecule has 1 unspecified atom stereocenters. The Bertz CT molecular complexity index is 1810. The summed E-state index contributed by atoms with van der Waals surface area (Å²) in [6.07, 6.45) is 5.59. The fourth-order valence-corrected chi connectivity index (χ4v) is 10.9. The first-order valence-corrected chi connectivity index (χ1v) is 21.2. The van der Waals surface area contributed by atoms with Crippen molar-refractivity contribution in [1.29, 1.82) is 0 Å². The summed E-state index contributed by atoms with van der Waals surface area (Å²) in [5.74, 6) is -0.706. The zero-order valence-electron chi connectivity index (χ0n) is 34.8. The average molecular weight is 808 g/mol. The van der Waals surface area contributed by atoms with Gasteiger partial charge in [0.25, 0.3) is 0 Å². The Hall–Kier alpha value is -3.40. The number of carbonyl (C=O) groups is 4. The number of amides is 2. The van der Waals surface area contributed by atoms with E-state index in [9.17, 15) is 24.3 Å². The van der Waals surface area contributed by atoms with Gasteiger partial charge in [-0.1, -0.05) is 49.8 Å². The van der Waals surface area contributed by atoms with Crippen LogP contribution in [0.25, 0.3) is 6.08 Å². The van der Waals surface area contributed by atoms with Crippen molar-refractivity contribution in [3.05, 3.63) is 41.0 Å². The van der Waals surface area contributed by atoms with E-state index in [1.807, 2.05) is 18.2 Å². The third kappa shape index (κ3) is 7.85. The minimum Gasteiger partial charge on any atom is -0.460 e. The summed E-state index contributed by atoms with van der Waals surface area (Å²) in [6, 6.07) is 6.45. The monoisotopic (exact) mass is 807 g/mol. The number of esters is 2. The summed E-state index contributed by atoms with van der Waals surface area (Å²) in [6.45, 7) is 12.2. The molecule has 3 N–H and O–H groups in total. The van der Waals surface area contributed by atoms with Crippen molar-refractivity contribution in [2.75, 3.05) is 19.9 Å². The number of nitrogens with one attached hydrogen (secondary N) is 2. The standard InChI is InChI=1S/C44H61N3O11/c1-41(2,3)57-34(50)14-12-28(23-48)46-33(49)16-18-45-40(52)44-21-31-35-36(54-24-53-35)38(44)58-47(37(44)39(51)55-31)22-27-10-8-7-9-25(27)19-26-11-13-32-43(6,56-32)17-15-30-29(26)20-42(30,4)5/h7-10,19,28-32,35-38,48H,11-18,20-24H2,1-6H3,(H,45,52)(H,46,49)/t28-,29+,30+,31+,32?,35-,36-,37-,38+,43+,44-/m0/s1. The van der Waals surface area contributed by atoms with E-state index in [1.165, 1.54) is 5.57 Å². The number of aliphatic hydroxyl groups excluding tert-OH is 1. The van der Waals surface area contributed by atoms with Crippen molar-refractivity contribution < 1.29 is 52.8 Å². The molecule has 2 amide bonds. The molecular weight excluding hydrogens is 746 g/mol. The molecule has 14 nitrogen and oxygen atoms in total. The molecule has 8 rings (SSSR count). The van der Waals surface area contributed by atoms with Gasteiger partial charge in [-0.15, -0.1) is 0 Å². The van der Waals surface area contributed by atoms with Crippen LogP contribution < -0.4 is 10.6 Å². The minimum atomic E-state index is -1.36. The lowest BCUT2D eigenvalue weighted by Crippen LogP contribution is -2.69. The predicted octanol–water partition coefficient (Wildman–Crippen LogP) is 4.11. The molecule has 3 aliphatic carbocycles. The van der Waals surface area contributed by atoms with Gasteiger partial charge in [-0.3, -0.25) is 24.0 Å². The number of hydroxylamine groups is 2. The van der Waals surface area contributed by atoms with Gasteiger partial charge in [-0.2, -0.15) is 5.06 Å². The first-order chi connectivity index (χ1) is 27.5. The lowest BCUT2D eigenvalue weighted by molar-refractivity contribution is -0.201. The lowest BCUT2D eigenvalue weighted by Gasteiger charge is -2.53. The van der Waals surface area contributed by atoms with Crippen LogP contribution in [0.1, 0.15) is 110 Å². The number of benzene rings is 1. The second kappa shape index (κ2) is 15.6. The predicted molar refractivity (Wildman–Crippen MR) is 209 cm³/mol. The normalized spacial score (nSPS) is 37.1. The Labute approximate surface area is 341 Å². The molecule has 4 heterocycles. The van der Waals surface area contributed by atoms with Gasteiger partial charge in [0.2, 0.25) is 11.8 Å². The van der Waals surface area contributed by atoms with Crippen LogP contribution in [0.3, 0.4) is 0 Å². The number of fused-ring (bicyclic) bond motifs is 6. The van der Waals surface area contributed by atoms with Gasteiger partial charge in [0.15, 0.2) is 6.04 Å². The number of nitrogens with zero attached hydrogens (tertiary/aromatic N) is 1. The Morgan fingerprint density at radius 1 is 1.07 bits per heavy atom. The molecule has 4 aliphatic heterocycles. The van der Waals surface area contributed by atoms with Crippen LogP contribution in [0.15, 0.2) is 29.8 Å². The van der Waals surface area contributed by atoms with Crippen molar-refractivity contribution in [3.8, 4) is 0 Å². The average Bonchev–Trinajstić information content (AvgIpc) is 3.44. The fourth-order valence-electron chi connectivity index (χ4n) is 10.9. The van der Waals surface area contributed by atoms with Gasteiger partial charge in [0.05, 0.1) is 30.9 Å². The number of hydrogen-bond donors (Lipinski definition) is 3. The van der Waals surface area contributed by atoms with E-state index >= 15 is 0 Å². The molecular formula is C44H61N3O11. The SMILES string of the molecule is CC(C)(C)OC(=O)CC[C@@H](CO)NC(=O)CCNC(=O)[C@@]12C[C@H]3OC(=O)[C@@H]1N(Cc1ccccc1C=C1CCC4O[C@]4(C)CC[C@@H]4[C@@H]1CC4(C)C)O[C@@H]2[C@H]1OCO[C@H]13. The summed E-state index contributed by atoms with van der Waals surface area (Å²) >= 11 is 0. The van der Waals surface area contributed by atoms with Gasteiger partial charge in [0, 0.05) is 25.8 Å². The maximum Gasteiger partial charge on any atom is 0.327 e. The maximum absolute atomic E-state index is 14.5. The molecule has 3 saturated carbocycles. The molecule has 0 aromatic heterocycles. The second-order valence-electron chi connectivity index (χ2n) is 19.5. The van der Waals surface area contributed by atoms with E-state index in [4.69, 9.17) is 28.5 Å². The maximum atomic E-state index is 14.5. The van der Waals surface area contributed by atoms with Gasteiger partial charge < -0.3 is 39.4 Å². The molecule has 14 heteroatoms. The number of allylic oxidation sites excluding steroid dienone is 1. The Morgan fingerprint density at radius 2 is 1.84 bits per heavy atom. The minimum absolute atomic E-state index is 0.00373. The molecule has 58 heavy (non-hydrogen) atoms. The third-order valence-electron chi connectivity index (χ3n) is 14.0. The van der Waals surface area contributed by atoms with Crippen LogP contribution >= 0.6 is 0 Å². The van der Waals surface area contributed by atoms with E-state index < -0.39 is 71.3 Å². The fraction of sp³-hybridized carbons (Fsp3) is 0.727. The van der Waals surface area contributed by atoms with Gasteiger partial charge in [-0.05, 0) is 94.6 Å². The largest absolute Gasteiger partial charge is 0.460 e. The van der Waals surface area contributed by atoms with Crippen LogP contribution in [-0.2, 0) is 54.2 Å². The molecule has 0 radical (unpaired) electrons. The molecule has 7 aliphatic rings. The zero-order chi connectivity index (χ0) is 41.2. The smallest absolute Gasteiger partial charge is 0.327 e. The number of epoxide rings is 1. The van der Waals surface area contributed by atoms with E-state index in [1.54, 1.807) is 25.8 Å². The molecule has 1 aromatic rings. The number of carbonyl (C=O) groups excluding carboxylic acids is 4. The molecule has 2 bridgehead atoms. The lowest BCUT2D eigenvalue weighted by atomic mass is 9.52. The molecule has 11 atom stereocenters. The van der Waals surface area contributed by atoms with Crippen LogP contribution in [0.4, 0.5) is 0 Å². The van der Waals surface area contributed by atoms with Gasteiger partial charge >= 0.3 is 11.9 Å². The highest BCUT2D eigenvalue weighted by Crippen LogP contribution is 2.60. The summed E-state index contributed by atoms with van der Waals surface area (Å²) < 4.78 is 29.4. The van der Waals surface area contributed by atoms with Crippen molar-refractivity contribution in [2.45, 2.75) is 160 Å². The molecule has 1 aromatic carbocycles. The number of ether oxygens (including phenoxy) is 5. The van der Waals surface area contributed by atoms with Crippen LogP contribution in [-0.4, -0.2) is 108 Å². The van der Waals surface area contributed by atoms with Crippen molar-refractivity contribution in [3.63, 3.8) is 0 Å². The Morgan fingerprint density at radius 3 is 2.60 bits per heavy atom. The zero-order valence-corrected chi connectivity index (χ0v) is 34.8. The quantitative estimate of drug-likeness (QED) is 0.204. The summed E-state index contributed by atoms with van der Waals surface area (Å²) in [7, 11) is 0. The van der Waals surface area contributed by atoms with Crippen LogP contribution in [0, 0.1) is 22.7 Å². The number of hydrogen-bond acceptors (Lipinski definition) is 12. The van der Waals surface area contributed by atoms with Crippen molar-refractivity contribution in [2.24, 2.45) is 22.7 Å². The highest BCUT2D eigenvalue weighted by Gasteiger charge is 2.74. The van der Waals surface area contributed by atoms with Crippen molar-refractivity contribution >= 4 is 29.8 Å². The van der Waals surface area contributed by atoms with Crippen molar-refractivity contribution in [1.82, 2.24) is 15.7 Å². The van der Waals surface area contributed by atoms with E-state index in [0.717, 1.165) is 43.2 Å². The van der Waals surface area contributed by atoms with Crippen LogP contribution in [0.5, 0.6) is 0 Å². The first kappa shape index (κ1) is 41.3. The first-order valence-electron chi connectivity index (χ1n) is 21.2. The Balaban J connectivity index is 0.981. The summed E-state index contributed by atoms with van der Waals surface area (Å²) in [5.41, 5.74) is 1.73. The van der Waals surface area contributed by atoms with Crippen LogP contribution in [0.2, 0.25) is 0 Å². The molecule has 4 saturated heterocycles. The highest BCUT2D eigenvalue weighted by atomic mass is 16.8. The summed E-state index contributed by atoms with van der Waals surface area (Å²) in [5, 5.41) is 17.1. The third-order valence-corrected chi connectivity index (χ3v) is 14.0. The van der Waals surface area contributed by atoms with Gasteiger partial charge in [-0.25, -0.2) is 0 Å². The Kier molecular flexibility index (Phi) is 11.1. The molecule has 318 valence electrons. The van der Waals surface area contributed by atoms with Gasteiger partial charge in [0.1, 0.15) is 42.2 Å². The van der Waals surface area contributed by atoms with E-state index in [2.05, 4.69) is 43.5 Å². The number of rotatable bonds is 12. The van der Waals surface area contributed by atoms with E-state index in [-0.39, 0.29) is 63.2 Å². The highest BCUT2D eigenvalue weighted by molar-refractivity contribution is 5.94. The number of aliphatic hydroxyl groups is 1. The van der Waals surface area contributed by atoms with E-state index in [0.29, 0.717) is 17.9 Å².